The summed E-state index contributed by atoms with van der Waals surface area (Å²) in [5.41, 5.74) is 0.407. The van der Waals surface area contributed by atoms with Crippen molar-refractivity contribution >= 4 is 11.2 Å². The number of hydrogen-bond donors (Lipinski definition) is 0. The molecule has 1 aliphatic rings. The number of hydrogen-bond acceptors (Lipinski definition) is 7. The van der Waals surface area contributed by atoms with Crippen molar-refractivity contribution in [3.63, 3.8) is 0 Å². The van der Waals surface area contributed by atoms with Crippen molar-refractivity contribution in [2.75, 3.05) is 0 Å². The third-order valence-electron chi connectivity index (χ3n) is 5.13. The molecule has 5 rings (SSSR count). The summed E-state index contributed by atoms with van der Waals surface area (Å²) in [6, 6.07) is 5.75. The van der Waals surface area contributed by atoms with Crippen LogP contribution in [0.2, 0.25) is 0 Å². The molecule has 168 valence electrons. The van der Waals surface area contributed by atoms with E-state index in [4.69, 9.17) is 9.15 Å². The number of aryl methyl sites for hydroxylation is 1. The zero-order valence-electron chi connectivity index (χ0n) is 17.9. The molecule has 11 heteroatoms. The van der Waals surface area contributed by atoms with E-state index in [0.29, 0.717) is 29.8 Å². The summed E-state index contributed by atoms with van der Waals surface area (Å²) in [5, 5.41) is 4.23. The van der Waals surface area contributed by atoms with Crippen molar-refractivity contribution in [3.05, 3.63) is 69.5 Å². The SMILES string of the molecule is CC.Cn1cnc2ncn(Cc3nn(C4CC(Oc5cccc(F)c5)C4)c(=O)o3)c(=O)c21. The third-order valence-corrected chi connectivity index (χ3v) is 5.13. The Morgan fingerprint density at radius 3 is 2.69 bits per heavy atom. The molecular weight excluding hydrogens is 419 g/mol. The predicted molar refractivity (Wildman–Crippen MR) is 113 cm³/mol. The van der Waals surface area contributed by atoms with E-state index in [0.717, 1.165) is 0 Å². The van der Waals surface area contributed by atoms with Crippen LogP contribution >= 0.6 is 0 Å². The van der Waals surface area contributed by atoms with E-state index in [9.17, 15) is 14.0 Å². The average Bonchev–Trinajstić information content (AvgIpc) is 3.31. The van der Waals surface area contributed by atoms with Gasteiger partial charge in [-0.2, -0.15) is 4.68 Å². The van der Waals surface area contributed by atoms with E-state index in [1.165, 1.54) is 34.0 Å². The average molecular weight is 442 g/mol. The van der Waals surface area contributed by atoms with Crippen LogP contribution in [0.4, 0.5) is 4.39 Å². The second-order valence-corrected chi connectivity index (χ2v) is 7.23. The first kappa shape index (κ1) is 21.5. The lowest BCUT2D eigenvalue weighted by Crippen LogP contribution is -2.39. The number of benzene rings is 1. The minimum absolute atomic E-state index is 0.0227. The van der Waals surface area contributed by atoms with Gasteiger partial charge in [0.1, 0.15) is 30.5 Å². The normalized spacial score (nSPS) is 17.5. The minimum Gasteiger partial charge on any atom is -0.490 e. The predicted octanol–water partition coefficient (Wildman–Crippen LogP) is 2.28. The van der Waals surface area contributed by atoms with E-state index in [1.54, 1.807) is 23.7 Å². The van der Waals surface area contributed by atoms with Gasteiger partial charge < -0.3 is 13.7 Å². The summed E-state index contributed by atoms with van der Waals surface area (Å²) in [6.45, 7) is 3.98. The first-order valence-electron chi connectivity index (χ1n) is 10.3. The van der Waals surface area contributed by atoms with Gasteiger partial charge >= 0.3 is 5.76 Å². The number of halogens is 1. The summed E-state index contributed by atoms with van der Waals surface area (Å²) in [7, 11) is 1.70. The van der Waals surface area contributed by atoms with Crippen LogP contribution in [0.25, 0.3) is 11.2 Å². The summed E-state index contributed by atoms with van der Waals surface area (Å²) in [5.74, 6) is -0.402. The van der Waals surface area contributed by atoms with Crippen LogP contribution in [0.3, 0.4) is 0 Å². The Hall–Kier alpha value is -3.76. The Kier molecular flexibility index (Phi) is 5.89. The molecule has 0 aliphatic heterocycles. The van der Waals surface area contributed by atoms with Gasteiger partial charge in [-0.05, 0) is 12.1 Å². The van der Waals surface area contributed by atoms with Gasteiger partial charge in [-0.15, -0.1) is 5.10 Å². The fraction of sp³-hybridized carbons (Fsp3) is 0.381. The second-order valence-electron chi connectivity index (χ2n) is 7.23. The molecule has 3 aromatic heterocycles. The Labute approximate surface area is 181 Å². The molecule has 0 N–H and O–H groups in total. The molecule has 1 aromatic carbocycles. The molecule has 0 spiro atoms. The summed E-state index contributed by atoms with van der Waals surface area (Å²) in [4.78, 5) is 33.0. The molecule has 1 fully saturated rings. The summed E-state index contributed by atoms with van der Waals surface area (Å²) >= 11 is 0. The highest BCUT2D eigenvalue weighted by atomic mass is 19.1. The molecule has 0 saturated heterocycles. The highest BCUT2D eigenvalue weighted by Crippen LogP contribution is 2.34. The Bertz CT molecular complexity index is 1350. The molecule has 0 radical (unpaired) electrons. The maximum Gasteiger partial charge on any atom is 0.437 e. The lowest BCUT2D eigenvalue weighted by molar-refractivity contribution is 0.0613. The molecule has 0 atom stereocenters. The number of nitrogens with zero attached hydrogens (tertiary/aromatic N) is 6. The highest BCUT2D eigenvalue weighted by molar-refractivity contribution is 5.68. The van der Waals surface area contributed by atoms with Crippen LogP contribution in [-0.2, 0) is 13.6 Å². The molecule has 4 aromatic rings. The topological polar surface area (TPSA) is 110 Å². The first-order chi connectivity index (χ1) is 15.5. The Morgan fingerprint density at radius 2 is 1.94 bits per heavy atom. The van der Waals surface area contributed by atoms with Crippen LogP contribution in [0.5, 0.6) is 5.75 Å². The number of ether oxygens (including phenoxy) is 1. The van der Waals surface area contributed by atoms with Crippen LogP contribution in [0.1, 0.15) is 38.6 Å². The van der Waals surface area contributed by atoms with E-state index in [1.807, 2.05) is 13.8 Å². The standard InChI is InChI=1S/C19H17FN6O4.C2H6/c1-24-9-21-17-16(24)18(27)25(10-22-17)8-15-23-26(19(28)30-15)12-6-14(7-12)29-13-4-2-3-11(20)5-13;1-2/h2-5,9-10,12,14H,6-8H2,1H3;1-2H3. The molecule has 0 unspecified atom stereocenters. The number of rotatable bonds is 5. The second kappa shape index (κ2) is 8.77. The molecular formula is C21H23FN6O4. The summed E-state index contributed by atoms with van der Waals surface area (Å²) < 4.78 is 28.3. The van der Waals surface area contributed by atoms with E-state index >= 15 is 0 Å². The molecule has 3 heterocycles. The summed E-state index contributed by atoms with van der Waals surface area (Å²) in [6.07, 6.45) is 3.82. The zero-order chi connectivity index (χ0) is 22.8. The van der Waals surface area contributed by atoms with Gasteiger partial charge in [0, 0.05) is 26.0 Å². The van der Waals surface area contributed by atoms with Crippen LogP contribution in [0, 0.1) is 5.82 Å². The lowest BCUT2D eigenvalue weighted by Gasteiger charge is -2.34. The van der Waals surface area contributed by atoms with Crippen LogP contribution in [0.15, 0.2) is 50.9 Å². The van der Waals surface area contributed by atoms with Gasteiger partial charge in [-0.3, -0.25) is 9.36 Å². The van der Waals surface area contributed by atoms with Crippen molar-refractivity contribution in [1.29, 1.82) is 0 Å². The molecule has 0 bridgehead atoms. The van der Waals surface area contributed by atoms with Gasteiger partial charge in [0.25, 0.3) is 5.56 Å². The van der Waals surface area contributed by atoms with Gasteiger partial charge in [-0.25, -0.2) is 19.2 Å². The largest absolute Gasteiger partial charge is 0.490 e. The van der Waals surface area contributed by atoms with E-state index in [-0.39, 0.29) is 36.0 Å². The minimum atomic E-state index is -0.596. The van der Waals surface area contributed by atoms with Crippen molar-refractivity contribution in [3.8, 4) is 5.75 Å². The van der Waals surface area contributed by atoms with Crippen LogP contribution < -0.4 is 16.1 Å². The quantitative estimate of drug-likeness (QED) is 0.466. The van der Waals surface area contributed by atoms with Gasteiger partial charge in [0.05, 0.1) is 12.4 Å². The van der Waals surface area contributed by atoms with Crippen molar-refractivity contribution in [2.24, 2.45) is 7.05 Å². The molecule has 10 nitrogen and oxygen atoms in total. The Balaban J connectivity index is 0.00000119. The molecule has 1 saturated carbocycles. The maximum atomic E-state index is 13.3. The van der Waals surface area contributed by atoms with E-state index in [2.05, 4.69) is 15.1 Å². The van der Waals surface area contributed by atoms with Crippen molar-refractivity contribution < 1.29 is 13.5 Å². The third kappa shape index (κ3) is 4.05. The smallest absolute Gasteiger partial charge is 0.437 e. The van der Waals surface area contributed by atoms with Gasteiger partial charge in [0.15, 0.2) is 11.2 Å². The number of imidazole rings is 1. The van der Waals surface area contributed by atoms with E-state index < -0.39 is 5.76 Å². The first-order valence-corrected chi connectivity index (χ1v) is 10.3. The van der Waals surface area contributed by atoms with Gasteiger partial charge in [0.2, 0.25) is 5.89 Å². The number of aromatic nitrogens is 6. The lowest BCUT2D eigenvalue weighted by atomic mass is 9.89. The fourth-order valence-corrected chi connectivity index (χ4v) is 3.52. The maximum absolute atomic E-state index is 13.3. The highest BCUT2D eigenvalue weighted by Gasteiger charge is 2.35. The number of fused-ring (bicyclic) bond motifs is 1. The fourth-order valence-electron chi connectivity index (χ4n) is 3.52. The van der Waals surface area contributed by atoms with Gasteiger partial charge in [-0.1, -0.05) is 19.9 Å². The molecule has 1 aliphatic carbocycles. The van der Waals surface area contributed by atoms with Crippen LogP contribution in [-0.4, -0.2) is 35.0 Å². The monoisotopic (exact) mass is 442 g/mol. The Morgan fingerprint density at radius 1 is 1.19 bits per heavy atom. The molecule has 32 heavy (non-hydrogen) atoms. The van der Waals surface area contributed by atoms with Crippen molar-refractivity contribution in [1.82, 2.24) is 28.9 Å². The zero-order valence-corrected chi connectivity index (χ0v) is 17.9. The molecule has 0 amide bonds. The van der Waals surface area contributed by atoms with Crippen molar-refractivity contribution in [2.45, 2.75) is 45.4 Å².